The molecular weight excluding hydrogens is 342 g/mol. The van der Waals surface area contributed by atoms with Gasteiger partial charge in [-0.05, 0) is 81.1 Å². The van der Waals surface area contributed by atoms with Crippen LogP contribution in [0.25, 0.3) is 0 Å². The average molecular weight is 371 g/mol. The molecule has 3 atom stereocenters. The predicted molar refractivity (Wildman–Crippen MR) is 102 cm³/mol. The Morgan fingerprint density at radius 1 is 1.19 bits per heavy atom. The van der Waals surface area contributed by atoms with Gasteiger partial charge in [0, 0.05) is 0 Å². The summed E-state index contributed by atoms with van der Waals surface area (Å²) in [4.78, 5) is 12.9. The summed E-state index contributed by atoms with van der Waals surface area (Å²) in [5.41, 5.74) is 2.02. The number of ether oxygens (including phenoxy) is 3. The van der Waals surface area contributed by atoms with E-state index in [-0.39, 0.29) is 24.2 Å². The Bertz CT molecular complexity index is 743. The van der Waals surface area contributed by atoms with E-state index in [0.717, 1.165) is 23.6 Å². The van der Waals surface area contributed by atoms with Crippen LogP contribution in [-0.2, 0) is 20.9 Å². The van der Waals surface area contributed by atoms with Crippen LogP contribution >= 0.6 is 0 Å². The smallest absolute Gasteiger partial charge is 0.329 e. The third kappa shape index (κ3) is 4.07. The molecular formula is C22H29NO4. The Balaban J connectivity index is 1.44. The van der Waals surface area contributed by atoms with Crippen molar-refractivity contribution in [2.75, 3.05) is 7.11 Å². The Morgan fingerprint density at radius 2 is 1.89 bits per heavy atom. The fraction of sp³-hybridized carbons (Fsp3) is 0.591. The molecule has 0 aromatic heterocycles. The van der Waals surface area contributed by atoms with Crippen LogP contribution in [0, 0.1) is 17.8 Å². The zero-order valence-electron chi connectivity index (χ0n) is 16.6. The van der Waals surface area contributed by atoms with E-state index in [1.807, 2.05) is 45.0 Å². The Labute approximate surface area is 161 Å². The molecule has 1 aliphatic heterocycles. The van der Waals surface area contributed by atoms with Crippen molar-refractivity contribution in [1.82, 2.24) is 5.32 Å². The van der Waals surface area contributed by atoms with Crippen molar-refractivity contribution in [2.45, 2.75) is 58.3 Å². The Morgan fingerprint density at radius 3 is 2.48 bits per heavy atom. The minimum absolute atomic E-state index is 0.177. The van der Waals surface area contributed by atoms with E-state index in [0.29, 0.717) is 17.8 Å². The number of benzene rings is 1. The van der Waals surface area contributed by atoms with Gasteiger partial charge in [-0.2, -0.15) is 0 Å². The molecule has 5 heteroatoms. The maximum Gasteiger partial charge on any atom is 0.329 e. The zero-order valence-corrected chi connectivity index (χ0v) is 16.6. The standard InChI is InChI=1S/C22H29NO4/c1-22(2,3)27-20-17-11-16(17)18(14-7-8-14)19(23-20)21(24)26-12-13-5-9-15(25-4)10-6-13/h5-6,9-10,14,16,18-19,23H,7-8,11-12H2,1-4H3/t16?,18?,19-/m1/s1. The van der Waals surface area contributed by atoms with E-state index < -0.39 is 0 Å². The maximum absolute atomic E-state index is 12.9. The molecule has 4 rings (SSSR count). The molecule has 1 N–H and O–H groups in total. The first-order chi connectivity index (χ1) is 12.9. The molecule has 2 saturated carbocycles. The summed E-state index contributed by atoms with van der Waals surface area (Å²) in [7, 11) is 1.64. The third-order valence-corrected chi connectivity index (χ3v) is 5.52. The van der Waals surface area contributed by atoms with Crippen molar-refractivity contribution in [3.05, 3.63) is 41.3 Å². The summed E-state index contributed by atoms with van der Waals surface area (Å²) in [6, 6.07) is 7.29. The van der Waals surface area contributed by atoms with E-state index in [9.17, 15) is 4.79 Å². The molecule has 0 amide bonds. The van der Waals surface area contributed by atoms with Gasteiger partial charge in [0.25, 0.3) is 0 Å². The number of hydrogen-bond donors (Lipinski definition) is 1. The van der Waals surface area contributed by atoms with Crippen LogP contribution in [0.5, 0.6) is 5.75 Å². The van der Waals surface area contributed by atoms with Crippen LogP contribution in [0.4, 0.5) is 0 Å². The highest BCUT2D eigenvalue weighted by molar-refractivity contribution is 5.77. The quantitative estimate of drug-likeness (QED) is 0.771. The van der Waals surface area contributed by atoms with Crippen molar-refractivity contribution in [3.63, 3.8) is 0 Å². The molecule has 27 heavy (non-hydrogen) atoms. The summed E-state index contributed by atoms with van der Waals surface area (Å²) < 4.78 is 16.9. The number of nitrogens with one attached hydrogen (secondary N) is 1. The lowest BCUT2D eigenvalue weighted by molar-refractivity contribution is -0.150. The molecule has 0 radical (unpaired) electrons. The van der Waals surface area contributed by atoms with Gasteiger partial charge in [-0.25, -0.2) is 4.79 Å². The van der Waals surface area contributed by atoms with Crippen LogP contribution < -0.4 is 10.1 Å². The highest BCUT2D eigenvalue weighted by atomic mass is 16.5. The van der Waals surface area contributed by atoms with Crippen molar-refractivity contribution in [1.29, 1.82) is 0 Å². The van der Waals surface area contributed by atoms with Crippen LogP contribution in [-0.4, -0.2) is 24.7 Å². The minimum atomic E-state index is -0.315. The zero-order chi connectivity index (χ0) is 19.2. The number of allylic oxidation sites excluding steroid dienone is 1. The van der Waals surface area contributed by atoms with Gasteiger partial charge in [0.1, 0.15) is 24.0 Å². The number of carbonyl (C=O) groups excluding carboxylic acids is 1. The molecule has 2 fully saturated rings. The van der Waals surface area contributed by atoms with Gasteiger partial charge >= 0.3 is 5.97 Å². The van der Waals surface area contributed by atoms with Crippen molar-refractivity contribution in [2.24, 2.45) is 17.8 Å². The molecule has 146 valence electrons. The number of methoxy groups -OCH3 is 1. The first kappa shape index (κ1) is 18.2. The second-order valence-electron chi connectivity index (χ2n) is 8.87. The lowest BCUT2D eigenvalue weighted by Crippen LogP contribution is -2.48. The van der Waals surface area contributed by atoms with Gasteiger partial charge in [-0.1, -0.05) is 12.1 Å². The molecule has 1 heterocycles. The molecule has 0 spiro atoms. The van der Waals surface area contributed by atoms with Crippen LogP contribution in [0.15, 0.2) is 35.7 Å². The van der Waals surface area contributed by atoms with E-state index in [4.69, 9.17) is 14.2 Å². The summed E-state index contributed by atoms with van der Waals surface area (Å²) in [6.07, 6.45) is 3.48. The van der Waals surface area contributed by atoms with Gasteiger partial charge in [-0.3, -0.25) is 0 Å². The molecule has 2 aliphatic carbocycles. The summed E-state index contributed by atoms with van der Waals surface area (Å²) in [5.74, 6) is 2.88. The number of rotatable bonds is 6. The van der Waals surface area contributed by atoms with Crippen molar-refractivity contribution < 1.29 is 19.0 Å². The van der Waals surface area contributed by atoms with Gasteiger partial charge in [-0.15, -0.1) is 0 Å². The molecule has 1 aromatic carbocycles. The molecule has 0 bridgehead atoms. The second-order valence-corrected chi connectivity index (χ2v) is 8.87. The maximum atomic E-state index is 12.9. The number of hydrogen-bond acceptors (Lipinski definition) is 5. The van der Waals surface area contributed by atoms with Gasteiger partial charge in [0.05, 0.1) is 7.11 Å². The Kier molecular flexibility index (Phi) is 4.57. The summed E-state index contributed by atoms with van der Waals surface area (Å²) >= 11 is 0. The fourth-order valence-corrected chi connectivity index (χ4v) is 4.04. The van der Waals surface area contributed by atoms with Crippen LogP contribution in [0.2, 0.25) is 0 Å². The average Bonchev–Trinajstić information content (AvgIpc) is 3.52. The predicted octanol–water partition coefficient (Wildman–Crippen LogP) is 3.78. The second kappa shape index (κ2) is 6.77. The van der Waals surface area contributed by atoms with Crippen molar-refractivity contribution in [3.8, 4) is 5.75 Å². The first-order valence-corrected chi connectivity index (χ1v) is 9.84. The van der Waals surface area contributed by atoms with E-state index in [1.54, 1.807) is 7.11 Å². The largest absolute Gasteiger partial charge is 0.497 e. The van der Waals surface area contributed by atoms with Gasteiger partial charge in [0.2, 0.25) is 0 Å². The highest BCUT2D eigenvalue weighted by Gasteiger charge is 2.56. The molecule has 2 unspecified atom stereocenters. The lowest BCUT2D eigenvalue weighted by atomic mass is 9.87. The Hall–Kier alpha value is -2.17. The SMILES string of the molecule is COc1ccc(COC(=O)[C@@H]2NC(OC(C)(C)C)=C3CC3C2C2CC2)cc1. The normalized spacial score (nSPS) is 26.7. The van der Waals surface area contributed by atoms with E-state index >= 15 is 0 Å². The van der Waals surface area contributed by atoms with Gasteiger partial charge in [0.15, 0.2) is 5.88 Å². The number of carbonyl (C=O) groups is 1. The number of fused-ring (bicyclic) bond motifs is 1. The molecule has 3 aliphatic rings. The molecule has 1 aromatic rings. The fourth-order valence-electron chi connectivity index (χ4n) is 4.04. The van der Waals surface area contributed by atoms with E-state index in [2.05, 4.69) is 5.32 Å². The van der Waals surface area contributed by atoms with E-state index in [1.165, 1.54) is 18.4 Å². The monoisotopic (exact) mass is 371 g/mol. The minimum Gasteiger partial charge on any atom is -0.497 e. The van der Waals surface area contributed by atoms with Crippen LogP contribution in [0.1, 0.15) is 45.6 Å². The van der Waals surface area contributed by atoms with Crippen LogP contribution in [0.3, 0.4) is 0 Å². The van der Waals surface area contributed by atoms with Gasteiger partial charge < -0.3 is 19.5 Å². The molecule has 5 nitrogen and oxygen atoms in total. The molecule has 0 saturated heterocycles. The summed E-state index contributed by atoms with van der Waals surface area (Å²) in [5, 5.41) is 3.39. The first-order valence-electron chi connectivity index (χ1n) is 9.84. The summed E-state index contributed by atoms with van der Waals surface area (Å²) in [6.45, 7) is 6.37. The topological polar surface area (TPSA) is 56.8 Å². The highest BCUT2D eigenvalue weighted by Crippen LogP contribution is 2.57. The van der Waals surface area contributed by atoms with Crippen molar-refractivity contribution >= 4 is 5.97 Å². The number of esters is 1. The lowest BCUT2D eigenvalue weighted by Gasteiger charge is -2.34. The third-order valence-electron chi connectivity index (χ3n) is 5.52.